The van der Waals surface area contributed by atoms with Crippen LogP contribution < -0.4 is 5.32 Å². The maximum atomic E-state index is 12.4. The fraction of sp³-hybridized carbons (Fsp3) is 0.267. The molecule has 5 heteroatoms. The van der Waals surface area contributed by atoms with Crippen LogP contribution in [0.2, 0.25) is 5.02 Å². The van der Waals surface area contributed by atoms with Crippen molar-refractivity contribution in [1.82, 2.24) is 5.32 Å². The summed E-state index contributed by atoms with van der Waals surface area (Å²) in [5, 5.41) is 5.51. The van der Waals surface area contributed by atoms with Crippen molar-refractivity contribution in [2.45, 2.75) is 24.8 Å². The molecule has 1 N–H and O–H groups in total. The second-order valence-electron chi connectivity index (χ2n) is 4.87. The lowest BCUT2D eigenvalue weighted by atomic mass is 10.0. The Balaban J connectivity index is 2.23. The number of benzene rings is 1. The minimum atomic E-state index is -0.169. The van der Waals surface area contributed by atoms with Crippen LogP contribution in [0, 0.1) is 5.92 Å². The van der Waals surface area contributed by atoms with Gasteiger partial charge in [0, 0.05) is 9.77 Å². The molecule has 0 saturated heterocycles. The minimum Gasteiger partial charge on any atom is -0.344 e. The minimum absolute atomic E-state index is 0.0119. The van der Waals surface area contributed by atoms with E-state index >= 15 is 0 Å². The highest BCUT2D eigenvalue weighted by atomic mass is 35.5. The van der Waals surface area contributed by atoms with E-state index in [-0.39, 0.29) is 11.9 Å². The molecule has 0 bridgehead atoms. The van der Waals surface area contributed by atoms with Crippen LogP contribution in [-0.2, 0) is 0 Å². The van der Waals surface area contributed by atoms with Crippen molar-refractivity contribution in [3.63, 3.8) is 0 Å². The zero-order valence-corrected chi connectivity index (χ0v) is 13.7. The van der Waals surface area contributed by atoms with Gasteiger partial charge in [-0.3, -0.25) is 4.79 Å². The molecule has 20 heavy (non-hydrogen) atoms. The molecule has 1 heterocycles. The summed E-state index contributed by atoms with van der Waals surface area (Å²) in [7, 11) is 0. The Labute approximate surface area is 133 Å². The Bertz CT molecular complexity index is 596. The molecular weight excluding hydrogens is 310 g/mol. The predicted molar refractivity (Wildman–Crippen MR) is 88.1 cm³/mol. The molecule has 1 atom stereocenters. The topological polar surface area (TPSA) is 29.1 Å². The number of thiophene rings is 1. The summed E-state index contributed by atoms with van der Waals surface area (Å²) in [6.45, 7) is 4.17. The van der Waals surface area contributed by atoms with Crippen LogP contribution in [0.3, 0.4) is 0 Å². The Hall–Kier alpha value is -0.970. The molecule has 0 aliphatic heterocycles. The predicted octanol–water partition coefficient (Wildman–Crippen LogP) is 4.82. The lowest BCUT2D eigenvalue weighted by Crippen LogP contribution is -2.31. The molecule has 2 aromatic rings. The van der Waals surface area contributed by atoms with Crippen molar-refractivity contribution in [3.8, 4) is 0 Å². The van der Waals surface area contributed by atoms with E-state index in [1.165, 1.54) is 0 Å². The number of hydrogen-bond acceptors (Lipinski definition) is 3. The zero-order chi connectivity index (χ0) is 14.7. The van der Waals surface area contributed by atoms with Crippen molar-refractivity contribution >= 4 is 41.5 Å². The van der Waals surface area contributed by atoms with Gasteiger partial charge in [-0.2, -0.15) is 0 Å². The average Bonchev–Trinajstić information content (AvgIpc) is 2.91. The van der Waals surface area contributed by atoms with Crippen LogP contribution in [0.25, 0.3) is 0 Å². The number of hydrogen-bond donors (Lipinski definition) is 2. The van der Waals surface area contributed by atoms with E-state index < -0.39 is 0 Å². The molecule has 1 unspecified atom stereocenters. The maximum Gasteiger partial charge on any atom is 0.253 e. The Morgan fingerprint density at radius 3 is 2.70 bits per heavy atom. The van der Waals surface area contributed by atoms with Crippen LogP contribution in [0.1, 0.15) is 35.1 Å². The van der Waals surface area contributed by atoms with Gasteiger partial charge < -0.3 is 5.32 Å². The normalized spacial score (nSPS) is 12.4. The summed E-state index contributed by atoms with van der Waals surface area (Å²) in [6, 6.07) is 9.15. The third-order valence-electron chi connectivity index (χ3n) is 3.00. The zero-order valence-electron chi connectivity index (χ0n) is 11.3. The van der Waals surface area contributed by atoms with Gasteiger partial charge in [0.25, 0.3) is 5.91 Å². The number of carbonyl (C=O) groups excluding carboxylic acids is 1. The van der Waals surface area contributed by atoms with Gasteiger partial charge in [-0.05, 0) is 35.6 Å². The third kappa shape index (κ3) is 3.57. The molecule has 2 rings (SSSR count). The van der Waals surface area contributed by atoms with Crippen LogP contribution in [0.5, 0.6) is 0 Å². The van der Waals surface area contributed by atoms with E-state index in [0.29, 0.717) is 16.5 Å². The van der Waals surface area contributed by atoms with E-state index in [9.17, 15) is 4.79 Å². The Morgan fingerprint density at radius 2 is 2.10 bits per heavy atom. The standard InChI is InChI=1S/C15H16ClNOS2/c1-9(2)14(13-4-3-7-20-13)17-15(18)11-8-10(19)5-6-12(11)16/h3-9,14,19H,1-2H3,(H,17,18). The molecule has 0 saturated carbocycles. The maximum absolute atomic E-state index is 12.4. The quantitative estimate of drug-likeness (QED) is 0.775. The van der Waals surface area contributed by atoms with E-state index in [1.807, 2.05) is 17.5 Å². The van der Waals surface area contributed by atoms with Gasteiger partial charge in [0.05, 0.1) is 16.6 Å². The molecule has 0 aliphatic carbocycles. The number of amides is 1. The van der Waals surface area contributed by atoms with Crippen molar-refractivity contribution < 1.29 is 4.79 Å². The first kappa shape index (κ1) is 15.4. The van der Waals surface area contributed by atoms with Crippen LogP contribution in [0.4, 0.5) is 0 Å². The lowest BCUT2D eigenvalue weighted by molar-refractivity contribution is 0.0926. The van der Waals surface area contributed by atoms with Crippen molar-refractivity contribution in [2.75, 3.05) is 0 Å². The summed E-state index contributed by atoms with van der Waals surface area (Å²) in [6.07, 6.45) is 0. The molecule has 0 aliphatic rings. The molecule has 2 nitrogen and oxygen atoms in total. The summed E-state index contributed by atoms with van der Waals surface area (Å²) >= 11 is 12.0. The second kappa shape index (κ2) is 6.66. The summed E-state index contributed by atoms with van der Waals surface area (Å²) in [5.41, 5.74) is 0.460. The van der Waals surface area contributed by atoms with Crippen LogP contribution in [0.15, 0.2) is 40.6 Å². The highest BCUT2D eigenvalue weighted by Gasteiger charge is 2.21. The first-order valence-corrected chi connectivity index (χ1v) is 8.02. The molecular formula is C15H16ClNOS2. The summed E-state index contributed by atoms with van der Waals surface area (Å²) in [4.78, 5) is 14.3. The van der Waals surface area contributed by atoms with Crippen molar-refractivity contribution in [3.05, 3.63) is 51.2 Å². The molecule has 106 valence electrons. The number of rotatable bonds is 4. The second-order valence-corrected chi connectivity index (χ2v) is 6.78. The number of nitrogens with one attached hydrogen (secondary N) is 1. The molecule has 0 radical (unpaired) electrons. The summed E-state index contributed by atoms with van der Waals surface area (Å²) < 4.78 is 0. The van der Waals surface area contributed by atoms with Crippen LogP contribution in [-0.4, -0.2) is 5.91 Å². The van der Waals surface area contributed by atoms with Gasteiger partial charge in [0.1, 0.15) is 0 Å². The molecule has 1 aromatic carbocycles. The van der Waals surface area contributed by atoms with Gasteiger partial charge in [-0.1, -0.05) is 31.5 Å². The molecule has 1 aromatic heterocycles. The molecule has 0 spiro atoms. The monoisotopic (exact) mass is 325 g/mol. The van der Waals surface area contributed by atoms with E-state index in [1.54, 1.807) is 29.5 Å². The smallest absolute Gasteiger partial charge is 0.253 e. The van der Waals surface area contributed by atoms with Crippen molar-refractivity contribution in [1.29, 1.82) is 0 Å². The molecule has 1 amide bonds. The first-order valence-electron chi connectivity index (χ1n) is 6.32. The van der Waals surface area contributed by atoms with Gasteiger partial charge in [0.15, 0.2) is 0 Å². The number of halogens is 1. The lowest BCUT2D eigenvalue weighted by Gasteiger charge is -2.21. The van der Waals surface area contributed by atoms with Crippen molar-refractivity contribution in [2.24, 2.45) is 5.92 Å². The number of carbonyl (C=O) groups is 1. The van der Waals surface area contributed by atoms with Crippen LogP contribution >= 0.6 is 35.6 Å². The third-order valence-corrected chi connectivity index (χ3v) is 4.56. The Morgan fingerprint density at radius 1 is 1.35 bits per heavy atom. The Kier molecular flexibility index (Phi) is 5.13. The fourth-order valence-corrected chi connectivity index (χ4v) is 3.30. The largest absolute Gasteiger partial charge is 0.344 e. The van der Waals surface area contributed by atoms with E-state index in [4.69, 9.17) is 11.6 Å². The average molecular weight is 326 g/mol. The molecule has 0 fully saturated rings. The van der Waals surface area contributed by atoms with Gasteiger partial charge >= 0.3 is 0 Å². The first-order chi connectivity index (χ1) is 9.49. The van der Waals surface area contributed by atoms with Gasteiger partial charge in [0.2, 0.25) is 0 Å². The fourth-order valence-electron chi connectivity index (χ4n) is 1.94. The highest BCUT2D eigenvalue weighted by Crippen LogP contribution is 2.27. The number of thiol groups is 1. The highest BCUT2D eigenvalue weighted by molar-refractivity contribution is 7.80. The van der Waals surface area contributed by atoms with E-state index in [0.717, 1.165) is 9.77 Å². The SMILES string of the molecule is CC(C)C(NC(=O)c1cc(S)ccc1Cl)c1cccs1. The summed E-state index contributed by atoms with van der Waals surface area (Å²) in [5.74, 6) is 0.133. The van der Waals surface area contributed by atoms with Gasteiger partial charge in [-0.15, -0.1) is 24.0 Å². The van der Waals surface area contributed by atoms with Gasteiger partial charge in [-0.25, -0.2) is 0 Å². The van der Waals surface area contributed by atoms with E-state index in [2.05, 4.69) is 31.8 Å².